The summed E-state index contributed by atoms with van der Waals surface area (Å²) in [4.78, 5) is 12.2. The standard InChI is InChI=1S/C18H14O4/c1-10-5-7-11(8-6-10)17-18(22-17)15-9-13(20)16-12(19)3-2-4-14(16)21-15/h2-9,17-19H,1H3/t17-,18+/m1/s1. The fraction of sp³-hybridized carbons (Fsp3) is 0.167. The van der Waals surface area contributed by atoms with Gasteiger partial charge in [0.15, 0.2) is 5.43 Å². The predicted molar refractivity (Wildman–Crippen MR) is 81.9 cm³/mol. The van der Waals surface area contributed by atoms with E-state index in [2.05, 4.69) is 0 Å². The number of fused-ring (bicyclic) bond motifs is 1. The zero-order valence-corrected chi connectivity index (χ0v) is 11.9. The third-order valence-electron chi connectivity index (χ3n) is 3.93. The summed E-state index contributed by atoms with van der Waals surface area (Å²) in [6, 6.07) is 14.3. The van der Waals surface area contributed by atoms with Crippen molar-refractivity contribution in [3.63, 3.8) is 0 Å². The van der Waals surface area contributed by atoms with Crippen LogP contribution in [0.4, 0.5) is 0 Å². The zero-order valence-electron chi connectivity index (χ0n) is 11.9. The highest BCUT2D eigenvalue weighted by molar-refractivity contribution is 5.82. The molecular formula is C18H14O4. The molecule has 0 radical (unpaired) electrons. The van der Waals surface area contributed by atoms with Gasteiger partial charge in [0.25, 0.3) is 0 Å². The minimum absolute atomic E-state index is 0.0652. The molecular weight excluding hydrogens is 280 g/mol. The molecule has 2 aromatic carbocycles. The van der Waals surface area contributed by atoms with Crippen LogP contribution in [0.3, 0.4) is 0 Å². The molecule has 4 nitrogen and oxygen atoms in total. The molecule has 4 heteroatoms. The molecule has 0 spiro atoms. The molecule has 110 valence electrons. The smallest absolute Gasteiger partial charge is 0.196 e. The van der Waals surface area contributed by atoms with E-state index in [0.29, 0.717) is 11.3 Å². The molecule has 2 heterocycles. The third-order valence-corrected chi connectivity index (χ3v) is 3.93. The van der Waals surface area contributed by atoms with Crippen LogP contribution in [0, 0.1) is 6.92 Å². The van der Waals surface area contributed by atoms with E-state index >= 15 is 0 Å². The Bertz CT molecular complexity index is 909. The molecule has 2 atom stereocenters. The predicted octanol–water partition coefficient (Wildman–Crippen LogP) is 3.62. The maximum absolute atomic E-state index is 12.2. The highest BCUT2D eigenvalue weighted by Gasteiger charge is 2.43. The molecule has 0 unspecified atom stereocenters. The Labute approximate surface area is 126 Å². The minimum Gasteiger partial charge on any atom is -0.507 e. The molecule has 3 aromatic rings. The van der Waals surface area contributed by atoms with Gasteiger partial charge in [-0.15, -0.1) is 0 Å². The van der Waals surface area contributed by atoms with Crippen molar-refractivity contribution in [2.45, 2.75) is 19.1 Å². The second kappa shape index (κ2) is 4.71. The molecule has 0 saturated carbocycles. The van der Waals surface area contributed by atoms with Gasteiger partial charge in [-0.25, -0.2) is 0 Å². The van der Waals surface area contributed by atoms with Crippen LogP contribution in [0.25, 0.3) is 11.0 Å². The number of phenolic OH excluding ortho intramolecular Hbond substituents is 1. The topological polar surface area (TPSA) is 63.0 Å². The molecule has 1 fully saturated rings. The van der Waals surface area contributed by atoms with E-state index in [1.165, 1.54) is 17.7 Å². The number of hydrogen-bond acceptors (Lipinski definition) is 4. The quantitative estimate of drug-likeness (QED) is 0.733. The van der Waals surface area contributed by atoms with Gasteiger partial charge in [0.05, 0.1) is 0 Å². The largest absolute Gasteiger partial charge is 0.507 e. The van der Waals surface area contributed by atoms with Crippen LogP contribution in [0.1, 0.15) is 29.1 Å². The maximum atomic E-state index is 12.2. The van der Waals surface area contributed by atoms with Crippen LogP contribution in [0.2, 0.25) is 0 Å². The average Bonchev–Trinajstić information content (AvgIpc) is 3.28. The molecule has 4 rings (SSSR count). The van der Waals surface area contributed by atoms with Gasteiger partial charge in [0, 0.05) is 6.07 Å². The maximum Gasteiger partial charge on any atom is 0.196 e. The zero-order chi connectivity index (χ0) is 15.3. The first kappa shape index (κ1) is 13.1. The monoisotopic (exact) mass is 294 g/mol. The lowest BCUT2D eigenvalue weighted by molar-refractivity contribution is 0.351. The molecule has 22 heavy (non-hydrogen) atoms. The molecule has 0 bridgehead atoms. The Kier molecular flexibility index (Phi) is 2.81. The van der Waals surface area contributed by atoms with Crippen LogP contribution in [-0.4, -0.2) is 5.11 Å². The van der Waals surface area contributed by atoms with Crippen molar-refractivity contribution in [2.24, 2.45) is 0 Å². The summed E-state index contributed by atoms with van der Waals surface area (Å²) in [5, 5.41) is 9.97. The van der Waals surface area contributed by atoms with Gasteiger partial charge in [0.1, 0.15) is 34.7 Å². The first-order chi connectivity index (χ1) is 10.6. The number of aromatic hydroxyl groups is 1. The van der Waals surface area contributed by atoms with Crippen molar-refractivity contribution in [2.75, 3.05) is 0 Å². The lowest BCUT2D eigenvalue weighted by atomic mass is 10.1. The van der Waals surface area contributed by atoms with E-state index in [9.17, 15) is 9.90 Å². The highest BCUT2D eigenvalue weighted by atomic mass is 16.6. The van der Waals surface area contributed by atoms with Crippen molar-refractivity contribution in [3.05, 3.63) is 75.6 Å². The van der Waals surface area contributed by atoms with Crippen molar-refractivity contribution in [1.82, 2.24) is 0 Å². The van der Waals surface area contributed by atoms with E-state index < -0.39 is 0 Å². The van der Waals surface area contributed by atoms with E-state index in [1.807, 2.05) is 31.2 Å². The van der Waals surface area contributed by atoms with Crippen LogP contribution >= 0.6 is 0 Å². The molecule has 1 aliphatic heterocycles. The second-order valence-electron chi connectivity index (χ2n) is 5.55. The summed E-state index contributed by atoms with van der Waals surface area (Å²) in [7, 11) is 0. The highest BCUT2D eigenvalue weighted by Crippen LogP contribution is 2.51. The van der Waals surface area contributed by atoms with Crippen molar-refractivity contribution < 1.29 is 14.3 Å². The molecule has 1 saturated heterocycles. The summed E-state index contributed by atoms with van der Waals surface area (Å²) >= 11 is 0. The Hall–Kier alpha value is -2.59. The molecule has 1 aliphatic rings. The minimum atomic E-state index is -0.257. The van der Waals surface area contributed by atoms with E-state index in [1.54, 1.807) is 12.1 Å². The van der Waals surface area contributed by atoms with E-state index in [0.717, 1.165) is 5.56 Å². The first-order valence-electron chi connectivity index (χ1n) is 7.11. The summed E-state index contributed by atoms with van der Waals surface area (Å²) in [5.41, 5.74) is 2.37. The number of benzene rings is 2. The summed E-state index contributed by atoms with van der Waals surface area (Å²) in [5.74, 6) is 0.429. The average molecular weight is 294 g/mol. The molecule has 1 aromatic heterocycles. The van der Waals surface area contributed by atoms with E-state index in [-0.39, 0.29) is 28.8 Å². The normalized spacial score (nSPS) is 20.2. The van der Waals surface area contributed by atoms with Gasteiger partial charge >= 0.3 is 0 Å². The Morgan fingerprint density at radius 2 is 1.82 bits per heavy atom. The number of ether oxygens (including phenoxy) is 1. The molecule has 0 aliphatic carbocycles. The fourth-order valence-corrected chi connectivity index (χ4v) is 2.69. The van der Waals surface area contributed by atoms with Gasteiger partial charge in [-0.05, 0) is 24.6 Å². The van der Waals surface area contributed by atoms with Crippen molar-refractivity contribution >= 4 is 11.0 Å². The van der Waals surface area contributed by atoms with Crippen molar-refractivity contribution in [3.8, 4) is 5.75 Å². The number of aryl methyl sites for hydroxylation is 1. The van der Waals surface area contributed by atoms with Gasteiger partial charge in [-0.3, -0.25) is 4.79 Å². The summed E-state index contributed by atoms with van der Waals surface area (Å²) in [6.45, 7) is 2.03. The SMILES string of the molecule is Cc1ccc([C@H]2O[C@H]2c2cc(=O)c3c(O)cccc3o2)cc1. The summed E-state index contributed by atoms with van der Waals surface area (Å²) < 4.78 is 11.4. The molecule has 0 amide bonds. The molecule has 1 N–H and O–H groups in total. The first-order valence-corrected chi connectivity index (χ1v) is 7.11. The Morgan fingerprint density at radius 1 is 1.05 bits per heavy atom. The van der Waals surface area contributed by atoms with E-state index in [4.69, 9.17) is 9.15 Å². The van der Waals surface area contributed by atoms with Gasteiger partial charge < -0.3 is 14.3 Å². The van der Waals surface area contributed by atoms with Gasteiger partial charge in [0.2, 0.25) is 0 Å². The number of hydrogen-bond donors (Lipinski definition) is 1. The Balaban J connectivity index is 1.71. The summed E-state index contributed by atoms with van der Waals surface area (Å²) in [6.07, 6.45) is -0.333. The Morgan fingerprint density at radius 3 is 2.59 bits per heavy atom. The van der Waals surface area contributed by atoms with Crippen LogP contribution in [0.15, 0.2) is 57.7 Å². The van der Waals surface area contributed by atoms with Crippen LogP contribution in [-0.2, 0) is 4.74 Å². The third kappa shape index (κ3) is 2.09. The number of phenols is 1. The van der Waals surface area contributed by atoms with Gasteiger partial charge in [-0.2, -0.15) is 0 Å². The number of epoxide rings is 1. The fourth-order valence-electron chi connectivity index (χ4n) is 2.69. The van der Waals surface area contributed by atoms with Crippen LogP contribution < -0.4 is 5.43 Å². The van der Waals surface area contributed by atoms with Gasteiger partial charge in [-0.1, -0.05) is 35.9 Å². The number of rotatable bonds is 2. The lowest BCUT2D eigenvalue weighted by Crippen LogP contribution is -2.02. The van der Waals surface area contributed by atoms with Crippen LogP contribution in [0.5, 0.6) is 5.75 Å². The lowest BCUT2D eigenvalue weighted by Gasteiger charge is -2.02. The second-order valence-corrected chi connectivity index (χ2v) is 5.55. The van der Waals surface area contributed by atoms with Crippen molar-refractivity contribution in [1.29, 1.82) is 0 Å².